The van der Waals surface area contributed by atoms with E-state index in [0.717, 1.165) is 6.42 Å². The van der Waals surface area contributed by atoms with Crippen LogP contribution < -0.4 is 11.1 Å². The van der Waals surface area contributed by atoms with Gasteiger partial charge >= 0.3 is 12.2 Å². The lowest BCUT2D eigenvalue weighted by atomic mass is 10.1. The lowest BCUT2D eigenvalue weighted by Gasteiger charge is -2.24. The van der Waals surface area contributed by atoms with Gasteiger partial charge in [0.25, 0.3) is 0 Å². The third-order valence-corrected chi connectivity index (χ3v) is 3.04. The number of rotatable bonds is 6. The molecule has 0 saturated heterocycles. The monoisotopic (exact) mass is 314 g/mol. The number of amides is 2. The number of alkyl carbamates (subject to hydrolysis) is 1. The first-order valence-electron chi connectivity index (χ1n) is 6.60. The van der Waals surface area contributed by atoms with Crippen LogP contribution in [-0.2, 0) is 9.47 Å². The highest BCUT2D eigenvalue weighted by molar-refractivity contribution is 6.31. The highest BCUT2D eigenvalue weighted by atomic mass is 35.5. The summed E-state index contributed by atoms with van der Waals surface area (Å²) in [6.45, 7) is 4.02. The maximum Gasteiger partial charge on any atom is 0.407 e. The molecule has 7 heteroatoms. The molecule has 1 aromatic carbocycles. The molecule has 2 atom stereocenters. The fourth-order valence-corrected chi connectivity index (χ4v) is 1.99. The Hall–Kier alpha value is -1.95. The molecule has 0 radical (unpaired) electrons. The van der Waals surface area contributed by atoms with Crippen molar-refractivity contribution in [1.29, 1.82) is 0 Å². The van der Waals surface area contributed by atoms with Crippen molar-refractivity contribution in [2.75, 3.05) is 6.54 Å². The van der Waals surface area contributed by atoms with Gasteiger partial charge in [-0.1, -0.05) is 36.7 Å². The van der Waals surface area contributed by atoms with Crippen LogP contribution in [0.1, 0.15) is 31.9 Å². The van der Waals surface area contributed by atoms with Crippen molar-refractivity contribution in [3.63, 3.8) is 0 Å². The quantitative estimate of drug-likeness (QED) is 0.844. The van der Waals surface area contributed by atoms with Gasteiger partial charge in [0.2, 0.25) is 0 Å². The molecule has 0 saturated carbocycles. The second-order valence-corrected chi connectivity index (χ2v) is 4.82. The zero-order valence-electron chi connectivity index (χ0n) is 12.0. The number of hydrogen-bond acceptors (Lipinski definition) is 4. The average molecular weight is 315 g/mol. The topological polar surface area (TPSA) is 90.7 Å². The molecular formula is C14H19ClN2O4. The van der Waals surface area contributed by atoms with Gasteiger partial charge in [-0.3, -0.25) is 0 Å². The molecule has 1 rings (SSSR count). The Morgan fingerprint density at radius 2 is 2.00 bits per heavy atom. The Balaban J connectivity index is 2.85. The summed E-state index contributed by atoms with van der Waals surface area (Å²) in [4.78, 5) is 22.6. The first kappa shape index (κ1) is 17.1. The molecular weight excluding hydrogens is 296 g/mol. The summed E-state index contributed by atoms with van der Waals surface area (Å²) in [5, 5.41) is 2.97. The van der Waals surface area contributed by atoms with E-state index in [2.05, 4.69) is 5.32 Å². The number of benzene rings is 1. The van der Waals surface area contributed by atoms with Gasteiger partial charge < -0.3 is 20.5 Å². The SMILES string of the molecule is CCCNC(=O)O[C@@H](C)[C@@H](OC(N)=O)c1ccccc1Cl. The number of carbonyl (C=O) groups excluding carboxylic acids is 2. The van der Waals surface area contributed by atoms with E-state index in [-0.39, 0.29) is 0 Å². The van der Waals surface area contributed by atoms with Crippen LogP contribution in [0.4, 0.5) is 9.59 Å². The van der Waals surface area contributed by atoms with Gasteiger partial charge in [0, 0.05) is 17.1 Å². The van der Waals surface area contributed by atoms with E-state index in [1.54, 1.807) is 31.2 Å². The van der Waals surface area contributed by atoms with Crippen molar-refractivity contribution >= 4 is 23.8 Å². The van der Waals surface area contributed by atoms with Crippen molar-refractivity contribution < 1.29 is 19.1 Å². The van der Waals surface area contributed by atoms with Crippen LogP contribution in [0.3, 0.4) is 0 Å². The number of ether oxygens (including phenoxy) is 2. The number of hydrogen-bond donors (Lipinski definition) is 2. The minimum absolute atomic E-state index is 0.396. The maximum atomic E-state index is 11.6. The molecule has 0 aliphatic rings. The Morgan fingerprint density at radius 1 is 1.33 bits per heavy atom. The number of nitrogens with two attached hydrogens (primary N) is 1. The van der Waals surface area contributed by atoms with E-state index in [4.69, 9.17) is 26.8 Å². The average Bonchev–Trinajstić information content (AvgIpc) is 2.43. The van der Waals surface area contributed by atoms with Crippen LogP contribution in [0.5, 0.6) is 0 Å². The molecule has 2 amide bonds. The Kier molecular flexibility index (Phi) is 6.81. The zero-order valence-corrected chi connectivity index (χ0v) is 12.7. The first-order valence-corrected chi connectivity index (χ1v) is 6.98. The summed E-state index contributed by atoms with van der Waals surface area (Å²) in [5.41, 5.74) is 5.59. The second kappa shape index (κ2) is 8.36. The van der Waals surface area contributed by atoms with Crippen molar-refractivity contribution in [1.82, 2.24) is 5.32 Å². The van der Waals surface area contributed by atoms with E-state index in [0.29, 0.717) is 17.1 Å². The van der Waals surface area contributed by atoms with Crippen molar-refractivity contribution in [2.45, 2.75) is 32.5 Å². The fraction of sp³-hybridized carbons (Fsp3) is 0.429. The number of carbonyl (C=O) groups is 2. The third-order valence-electron chi connectivity index (χ3n) is 2.69. The third kappa shape index (κ3) is 5.51. The van der Waals surface area contributed by atoms with Gasteiger partial charge in [0.05, 0.1) is 0 Å². The highest BCUT2D eigenvalue weighted by Crippen LogP contribution is 2.29. The van der Waals surface area contributed by atoms with E-state index in [1.165, 1.54) is 0 Å². The molecule has 0 heterocycles. The first-order chi connectivity index (χ1) is 9.95. The Labute approximate surface area is 128 Å². The fourth-order valence-electron chi connectivity index (χ4n) is 1.74. The number of halogens is 1. The lowest BCUT2D eigenvalue weighted by molar-refractivity contribution is 0.00117. The molecule has 0 fully saturated rings. The number of primary amides is 1. The van der Waals surface area contributed by atoms with Gasteiger partial charge in [-0.25, -0.2) is 9.59 Å². The maximum absolute atomic E-state index is 11.6. The molecule has 0 bridgehead atoms. The zero-order chi connectivity index (χ0) is 15.8. The normalized spacial score (nSPS) is 13.1. The van der Waals surface area contributed by atoms with Gasteiger partial charge in [-0.15, -0.1) is 0 Å². The van der Waals surface area contributed by atoms with Crippen LogP contribution >= 0.6 is 11.6 Å². The van der Waals surface area contributed by atoms with E-state index in [1.807, 2.05) is 6.92 Å². The smallest absolute Gasteiger partial charge is 0.407 e. The predicted molar refractivity (Wildman–Crippen MR) is 79.1 cm³/mol. The summed E-state index contributed by atoms with van der Waals surface area (Å²) in [6, 6.07) is 6.81. The van der Waals surface area contributed by atoms with E-state index >= 15 is 0 Å². The van der Waals surface area contributed by atoms with Gasteiger partial charge in [0.15, 0.2) is 6.10 Å². The molecule has 0 aliphatic heterocycles. The van der Waals surface area contributed by atoms with Crippen LogP contribution in [0.25, 0.3) is 0 Å². The second-order valence-electron chi connectivity index (χ2n) is 4.42. The molecule has 116 valence electrons. The lowest BCUT2D eigenvalue weighted by Crippen LogP contribution is -2.33. The standard InChI is InChI=1S/C14H19ClN2O4/c1-3-8-17-14(19)20-9(2)12(21-13(16)18)10-6-4-5-7-11(10)15/h4-7,9,12H,3,8H2,1-2H3,(H2,16,18)(H,17,19)/t9-,12+/m0/s1. The van der Waals surface area contributed by atoms with Crippen LogP contribution in [-0.4, -0.2) is 24.8 Å². The van der Waals surface area contributed by atoms with Crippen LogP contribution in [0, 0.1) is 0 Å². The molecule has 0 aliphatic carbocycles. The molecule has 0 unspecified atom stereocenters. The summed E-state index contributed by atoms with van der Waals surface area (Å²) in [5.74, 6) is 0. The van der Waals surface area contributed by atoms with Crippen molar-refractivity contribution in [3.05, 3.63) is 34.9 Å². The molecule has 21 heavy (non-hydrogen) atoms. The summed E-state index contributed by atoms with van der Waals surface area (Å²) < 4.78 is 10.2. The van der Waals surface area contributed by atoms with Gasteiger partial charge in [0.1, 0.15) is 6.10 Å². The molecule has 0 aromatic heterocycles. The van der Waals surface area contributed by atoms with Crippen LogP contribution in [0.15, 0.2) is 24.3 Å². The van der Waals surface area contributed by atoms with Crippen LogP contribution in [0.2, 0.25) is 5.02 Å². The van der Waals surface area contributed by atoms with E-state index in [9.17, 15) is 9.59 Å². The highest BCUT2D eigenvalue weighted by Gasteiger charge is 2.27. The molecule has 6 nitrogen and oxygen atoms in total. The molecule has 0 spiro atoms. The van der Waals surface area contributed by atoms with Gasteiger partial charge in [-0.05, 0) is 19.4 Å². The predicted octanol–water partition coefficient (Wildman–Crippen LogP) is 3.00. The molecule has 1 aromatic rings. The van der Waals surface area contributed by atoms with E-state index < -0.39 is 24.4 Å². The summed E-state index contributed by atoms with van der Waals surface area (Å²) in [7, 11) is 0. The minimum atomic E-state index is -0.968. The van der Waals surface area contributed by atoms with Crippen molar-refractivity contribution in [2.24, 2.45) is 5.73 Å². The largest absolute Gasteiger partial charge is 0.442 e. The number of nitrogens with one attached hydrogen (secondary N) is 1. The minimum Gasteiger partial charge on any atom is -0.442 e. The van der Waals surface area contributed by atoms with Gasteiger partial charge in [-0.2, -0.15) is 0 Å². The summed E-state index contributed by atoms with van der Waals surface area (Å²) in [6.07, 6.45) is -2.38. The van der Waals surface area contributed by atoms with Crippen molar-refractivity contribution in [3.8, 4) is 0 Å². The summed E-state index contributed by atoms with van der Waals surface area (Å²) >= 11 is 6.08. The Bertz CT molecular complexity index is 496. The molecule has 3 N–H and O–H groups in total. The Morgan fingerprint density at radius 3 is 2.57 bits per heavy atom.